The minimum absolute atomic E-state index is 0.179. The fourth-order valence-electron chi connectivity index (χ4n) is 2.14. The van der Waals surface area contributed by atoms with E-state index in [1.54, 1.807) is 7.11 Å². The number of likely N-dealkylation sites (N-methyl/N-ethyl adjacent to an activating group) is 1. The number of carbonyl (C=O) groups is 1. The highest BCUT2D eigenvalue weighted by Gasteiger charge is 2.23. The van der Waals surface area contributed by atoms with Gasteiger partial charge in [-0.25, -0.2) is 0 Å². The Morgan fingerprint density at radius 1 is 1.30 bits per heavy atom. The molecule has 112 valence electrons. The van der Waals surface area contributed by atoms with Crippen LogP contribution >= 0.6 is 0 Å². The van der Waals surface area contributed by atoms with Crippen molar-refractivity contribution < 1.29 is 14.3 Å². The molecule has 0 heterocycles. The molecule has 1 rings (SSSR count). The van der Waals surface area contributed by atoms with E-state index >= 15 is 0 Å². The number of ether oxygens (including phenoxy) is 2. The van der Waals surface area contributed by atoms with Gasteiger partial charge >= 0.3 is 5.97 Å². The molecule has 0 aliphatic carbocycles. The highest BCUT2D eigenvalue weighted by Crippen LogP contribution is 2.20. The maximum absolute atomic E-state index is 11.8. The van der Waals surface area contributed by atoms with Crippen LogP contribution in [0, 0.1) is 0 Å². The predicted octanol–water partition coefficient (Wildman–Crippen LogP) is 2.51. The molecule has 0 saturated heterocycles. The quantitative estimate of drug-likeness (QED) is 0.719. The van der Waals surface area contributed by atoms with Crippen molar-refractivity contribution in [1.82, 2.24) is 4.90 Å². The van der Waals surface area contributed by atoms with Crippen LogP contribution in [0.1, 0.15) is 26.3 Å². The number of carbonyl (C=O) groups excluding carboxylic acids is 1. The summed E-state index contributed by atoms with van der Waals surface area (Å²) in [5.74, 6) is 0.707. The molecule has 0 N–H and O–H groups in total. The smallest absolute Gasteiger partial charge is 0.323 e. The van der Waals surface area contributed by atoms with Crippen LogP contribution in [0.2, 0.25) is 0 Å². The third-order valence-corrected chi connectivity index (χ3v) is 3.64. The maximum atomic E-state index is 11.8. The lowest BCUT2D eigenvalue weighted by Crippen LogP contribution is -2.43. The Balaban J connectivity index is 2.70. The number of esters is 1. The van der Waals surface area contributed by atoms with Gasteiger partial charge in [-0.2, -0.15) is 0 Å². The Labute approximate surface area is 121 Å². The highest BCUT2D eigenvalue weighted by molar-refractivity contribution is 5.75. The van der Waals surface area contributed by atoms with Crippen molar-refractivity contribution in [2.75, 3.05) is 20.8 Å². The van der Waals surface area contributed by atoms with Gasteiger partial charge in [0.25, 0.3) is 0 Å². The average Bonchev–Trinajstić information content (AvgIpc) is 2.46. The molecule has 1 aromatic rings. The van der Waals surface area contributed by atoms with E-state index in [2.05, 4.69) is 13.0 Å². The minimum Gasteiger partial charge on any atom is -0.496 e. The van der Waals surface area contributed by atoms with Crippen molar-refractivity contribution in [2.24, 2.45) is 0 Å². The second-order valence-corrected chi connectivity index (χ2v) is 4.96. The van der Waals surface area contributed by atoms with E-state index < -0.39 is 0 Å². The minimum atomic E-state index is -0.250. The van der Waals surface area contributed by atoms with E-state index in [1.165, 1.54) is 0 Å². The summed E-state index contributed by atoms with van der Waals surface area (Å²) in [7, 11) is 3.62. The number of rotatable bonds is 7. The van der Waals surface area contributed by atoms with Gasteiger partial charge in [0.15, 0.2) is 0 Å². The molecule has 4 heteroatoms. The van der Waals surface area contributed by atoms with Crippen molar-refractivity contribution in [1.29, 1.82) is 0 Å². The third kappa shape index (κ3) is 4.23. The van der Waals surface area contributed by atoms with Gasteiger partial charge in [0.1, 0.15) is 11.8 Å². The monoisotopic (exact) mass is 279 g/mol. The molecular weight excluding hydrogens is 254 g/mol. The normalized spacial score (nSPS) is 13.9. The summed E-state index contributed by atoms with van der Waals surface area (Å²) in [6.45, 7) is 6.21. The Morgan fingerprint density at radius 2 is 1.95 bits per heavy atom. The summed E-state index contributed by atoms with van der Waals surface area (Å²) in [6.07, 6.45) is 0.824. The van der Waals surface area contributed by atoms with Gasteiger partial charge in [-0.1, -0.05) is 18.2 Å². The SMILES string of the molecule is CCOC(=O)C(C)N(C)C(C)Cc1ccccc1OC. The second kappa shape index (κ2) is 7.90. The van der Waals surface area contributed by atoms with Crippen molar-refractivity contribution in [3.8, 4) is 5.75 Å². The molecule has 0 saturated carbocycles. The molecule has 0 radical (unpaired) electrons. The van der Waals surface area contributed by atoms with Crippen molar-refractivity contribution in [3.05, 3.63) is 29.8 Å². The number of hydrogen-bond donors (Lipinski definition) is 0. The van der Waals surface area contributed by atoms with Gasteiger partial charge in [-0.05, 0) is 45.9 Å². The van der Waals surface area contributed by atoms with Crippen molar-refractivity contribution in [2.45, 2.75) is 39.3 Å². The molecule has 0 aliphatic heterocycles. The Morgan fingerprint density at radius 3 is 2.55 bits per heavy atom. The Hall–Kier alpha value is -1.55. The van der Waals surface area contributed by atoms with E-state index in [4.69, 9.17) is 9.47 Å². The van der Waals surface area contributed by atoms with Crippen LogP contribution in [-0.4, -0.2) is 43.7 Å². The number of benzene rings is 1. The lowest BCUT2D eigenvalue weighted by atomic mass is 10.0. The Bertz CT molecular complexity index is 433. The van der Waals surface area contributed by atoms with E-state index in [-0.39, 0.29) is 18.1 Å². The summed E-state index contributed by atoms with van der Waals surface area (Å²) in [5.41, 5.74) is 1.14. The largest absolute Gasteiger partial charge is 0.496 e. The summed E-state index contributed by atoms with van der Waals surface area (Å²) in [4.78, 5) is 13.8. The van der Waals surface area contributed by atoms with E-state index in [0.29, 0.717) is 6.61 Å². The first-order chi connectivity index (χ1) is 9.51. The second-order valence-electron chi connectivity index (χ2n) is 4.96. The molecule has 0 bridgehead atoms. The van der Waals surface area contributed by atoms with Crippen LogP contribution in [0.25, 0.3) is 0 Å². The molecule has 4 nitrogen and oxygen atoms in total. The number of para-hydroxylation sites is 1. The molecule has 20 heavy (non-hydrogen) atoms. The topological polar surface area (TPSA) is 38.8 Å². The molecule has 0 spiro atoms. The van der Waals surface area contributed by atoms with Crippen LogP contribution in [-0.2, 0) is 16.0 Å². The zero-order valence-electron chi connectivity index (χ0n) is 13.1. The van der Waals surface area contributed by atoms with Crippen molar-refractivity contribution >= 4 is 5.97 Å². The lowest BCUT2D eigenvalue weighted by molar-refractivity contribution is -0.149. The van der Waals surface area contributed by atoms with Crippen LogP contribution in [0.5, 0.6) is 5.75 Å². The molecular formula is C16H25NO3. The van der Waals surface area contributed by atoms with Crippen molar-refractivity contribution in [3.63, 3.8) is 0 Å². The Kier molecular flexibility index (Phi) is 6.52. The fourth-order valence-corrected chi connectivity index (χ4v) is 2.14. The van der Waals surface area contributed by atoms with Crippen LogP contribution in [0.15, 0.2) is 24.3 Å². The zero-order chi connectivity index (χ0) is 15.1. The molecule has 0 aliphatic rings. The first kappa shape index (κ1) is 16.5. The van der Waals surface area contributed by atoms with Gasteiger partial charge in [-0.15, -0.1) is 0 Å². The molecule has 1 aromatic carbocycles. The van der Waals surface area contributed by atoms with E-state index in [9.17, 15) is 4.79 Å². The summed E-state index contributed by atoms with van der Waals surface area (Å²) in [6, 6.07) is 7.93. The van der Waals surface area contributed by atoms with Crippen LogP contribution in [0.3, 0.4) is 0 Å². The number of methoxy groups -OCH3 is 1. The van der Waals surface area contributed by atoms with Crippen LogP contribution in [0.4, 0.5) is 0 Å². The average molecular weight is 279 g/mol. The van der Waals surface area contributed by atoms with E-state index in [0.717, 1.165) is 17.7 Å². The number of nitrogens with zero attached hydrogens (tertiary/aromatic N) is 1. The van der Waals surface area contributed by atoms with E-state index in [1.807, 2.05) is 44.0 Å². The molecule has 2 unspecified atom stereocenters. The van der Waals surface area contributed by atoms with Crippen LogP contribution < -0.4 is 4.74 Å². The van der Waals surface area contributed by atoms with Gasteiger partial charge in [-0.3, -0.25) is 9.69 Å². The van der Waals surface area contributed by atoms with Gasteiger partial charge < -0.3 is 9.47 Å². The first-order valence-electron chi connectivity index (χ1n) is 7.01. The molecule has 2 atom stereocenters. The fraction of sp³-hybridized carbons (Fsp3) is 0.562. The van der Waals surface area contributed by atoms with Gasteiger partial charge in [0.2, 0.25) is 0 Å². The summed E-state index contributed by atoms with van der Waals surface area (Å²) in [5, 5.41) is 0. The predicted molar refractivity (Wildman–Crippen MR) is 80.0 cm³/mol. The first-order valence-corrected chi connectivity index (χ1v) is 7.01. The molecule has 0 fully saturated rings. The summed E-state index contributed by atoms with van der Waals surface area (Å²) >= 11 is 0. The zero-order valence-corrected chi connectivity index (χ0v) is 13.1. The number of hydrogen-bond acceptors (Lipinski definition) is 4. The third-order valence-electron chi connectivity index (χ3n) is 3.64. The molecule has 0 amide bonds. The standard InChI is InChI=1S/C16H25NO3/c1-6-20-16(18)13(3)17(4)12(2)11-14-9-7-8-10-15(14)19-5/h7-10,12-13H,6,11H2,1-5H3. The highest BCUT2D eigenvalue weighted by atomic mass is 16.5. The summed E-state index contributed by atoms with van der Waals surface area (Å²) < 4.78 is 10.4. The maximum Gasteiger partial charge on any atom is 0.323 e. The van der Waals surface area contributed by atoms with Gasteiger partial charge in [0, 0.05) is 6.04 Å². The lowest BCUT2D eigenvalue weighted by Gasteiger charge is -2.29. The molecule has 0 aromatic heterocycles. The van der Waals surface area contributed by atoms with Gasteiger partial charge in [0.05, 0.1) is 13.7 Å².